The smallest absolute Gasteiger partial charge is 0.124 e. The molecule has 4 heteroatoms. The molecule has 108 valence electrons. The Morgan fingerprint density at radius 2 is 1.95 bits per heavy atom. The number of halogens is 2. The second-order valence-electron chi connectivity index (χ2n) is 5.12. The number of aryl methyl sites for hydroxylation is 3. The molecular formula is C17H16Cl2N2. The third-order valence-electron chi connectivity index (χ3n) is 3.77. The summed E-state index contributed by atoms with van der Waals surface area (Å²) in [7, 11) is 0. The lowest BCUT2D eigenvalue weighted by Gasteiger charge is -2.09. The van der Waals surface area contributed by atoms with Crippen molar-refractivity contribution >= 4 is 34.2 Å². The summed E-state index contributed by atoms with van der Waals surface area (Å²) >= 11 is 12.1. The molecular weight excluding hydrogens is 303 g/mol. The zero-order valence-corrected chi connectivity index (χ0v) is 13.3. The normalized spacial score (nSPS) is 11.2. The minimum Gasteiger partial charge on any atom is -0.327 e. The molecule has 0 aliphatic rings. The Hall–Kier alpha value is -1.51. The van der Waals surface area contributed by atoms with Crippen molar-refractivity contribution in [1.29, 1.82) is 0 Å². The SMILES string of the molecule is Cc1ccccc1CCn1c(CCl)nc2cc(Cl)ccc21. The zero-order chi connectivity index (χ0) is 14.8. The van der Waals surface area contributed by atoms with E-state index >= 15 is 0 Å². The number of aromatic nitrogens is 2. The lowest BCUT2D eigenvalue weighted by molar-refractivity contribution is 0.686. The highest BCUT2D eigenvalue weighted by molar-refractivity contribution is 6.31. The van der Waals surface area contributed by atoms with Crippen LogP contribution in [-0.2, 0) is 18.8 Å². The summed E-state index contributed by atoms with van der Waals surface area (Å²) in [5.74, 6) is 1.29. The molecule has 21 heavy (non-hydrogen) atoms. The molecule has 0 unspecified atom stereocenters. The van der Waals surface area contributed by atoms with Crippen LogP contribution in [0, 0.1) is 6.92 Å². The first kappa shape index (κ1) is 14.4. The lowest BCUT2D eigenvalue weighted by atomic mass is 10.1. The molecule has 2 nitrogen and oxygen atoms in total. The monoisotopic (exact) mass is 318 g/mol. The van der Waals surface area contributed by atoms with E-state index in [1.54, 1.807) is 0 Å². The van der Waals surface area contributed by atoms with Gasteiger partial charge in [-0.2, -0.15) is 0 Å². The molecule has 0 saturated carbocycles. The predicted octanol–water partition coefficient (Wildman–Crippen LogP) is 4.98. The van der Waals surface area contributed by atoms with Crippen molar-refractivity contribution in [3.05, 3.63) is 64.4 Å². The second-order valence-corrected chi connectivity index (χ2v) is 5.83. The Morgan fingerprint density at radius 1 is 1.14 bits per heavy atom. The van der Waals surface area contributed by atoms with Gasteiger partial charge in [-0.05, 0) is 42.7 Å². The van der Waals surface area contributed by atoms with Crippen molar-refractivity contribution in [2.75, 3.05) is 0 Å². The minimum atomic E-state index is 0.403. The summed E-state index contributed by atoms with van der Waals surface area (Å²) in [6.45, 7) is 3.01. The van der Waals surface area contributed by atoms with Gasteiger partial charge in [0.05, 0.1) is 16.9 Å². The van der Waals surface area contributed by atoms with Gasteiger partial charge in [-0.1, -0.05) is 35.9 Å². The molecule has 0 amide bonds. The number of alkyl halides is 1. The summed E-state index contributed by atoms with van der Waals surface area (Å²) in [6.07, 6.45) is 0.963. The van der Waals surface area contributed by atoms with Gasteiger partial charge >= 0.3 is 0 Å². The molecule has 0 atom stereocenters. The summed E-state index contributed by atoms with van der Waals surface area (Å²) in [5, 5.41) is 0.701. The van der Waals surface area contributed by atoms with Crippen LogP contribution in [0.1, 0.15) is 17.0 Å². The van der Waals surface area contributed by atoms with Gasteiger partial charge in [-0.15, -0.1) is 11.6 Å². The van der Waals surface area contributed by atoms with Gasteiger partial charge in [-0.3, -0.25) is 0 Å². The minimum absolute atomic E-state index is 0.403. The van der Waals surface area contributed by atoms with E-state index in [9.17, 15) is 0 Å². The maximum Gasteiger partial charge on any atom is 0.124 e. The van der Waals surface area contributed by atoms with Crippen LogP contribution in [0.4, 0.5) is 0 Å². The van der Waals surface area contributed by atoms with Gasteiger partial charge in [0.1, 0.15) is 5.82 Å². The quantitative estimate of drug-likeness (QED) is 0.620. The predicted molar refractivity (Wildman–Crippen MR) is 89.2 cm³/mol. The highest BCUT2D eigenvalue weighted by Crippen LogP contribution is 2.22. The highest BCUT2D eigenvalue weighted by Gasteiger charge is 2.10. The molecule has 0 aliphatic heterocycles. The van der Waals surface area contributed by atoms with Crippen LogP contribution >= 0.6 is 23.2 Å². The molecule has 3 rings (SSSR count). The van der Waals surface area contributed by atoms with Crippen molar-refractivity contribution in [2.24, 2.45) is 0 Å². The fourth-order valence-electron chi connectivity index (χ4n) is 2.63. The Kier molecular flexibility index (Phi) is 4.18. The Morgan fingerprint density at radius 3 is 2.71 bits per heavy atom. The molecule has 2 aromatic carbocycles. The van der Waals surface area contributed by atoms with Crippen LogP contribution in [0.15, 0.2) is 42.5 Å². The second kappa shape index (κ2) is 6.08. The molecule has 0 saturated heterocycles. The van der Waals surface area contributed by atoms with E-state index in [-0.39, 0.29) is 0 Å². The van der Waals surface area contributed by atoms with Crippen LogP contribution in [-0.4, -0.2) is 9.55 Å². The topological polar surface area (TPSA) is 17.8 Å². The number of fused-ring (bicyclic) bond motifs is 1. The van der Waals surface area contributed by atoms with Gasteiger partial charge in [-0.25, -0.2) is 4.98 Å². The maximum absolute atomic E-state index is 6.04. The van der Waals surface area contributed by atoms with Gasteiger partial charge in [0.2, 0.25) is 0 Å². The number of benzene rings is 2. The molecule has 1 aromatic heterocycles. The molecule has 0 spiro atoms. The third kappa shape index (κ3) is 2.92. The summed E-state index contributed by atoms with van der Waals surface area (Å²) in [6, 6.07) is 14.3. The molecule has 0 fully saturated rings. The first-order chi connectivity index (χ1) is 10.2. The Labute approximate surface area is 134 Å². The van der Waals surface area contributed by atoms with Crippen molar-refractivity contribution in [3.63, 3.8) is 0 Å². The van der Waals surface area contributed by atoms with Crippen LogP contribution < -0.4 is 0 Å². The molecule has 1 heterocycles. The lowest BCUT2D eigenvalue weighted by Crippen LogP contribution is -2.05. The van der Waals surface area contributed by atoms with E-state index in [0.717, 1.165) is 29.8 Å². The van der Waals surface area contributed by atoms with Crippen molar-refractivity contribution in [2.45, 2.75) is 25.8 Å². The average molecular weight is 319 g/mol. The van der Waals surface area contributed by atoms with Crippen molar-refractivity contribution in [1.82, 2.24) is 9.55 Å². The number of imidazole rings is 1. The average Bonchev–Trinajstić information content (AvgIpc) is 2.83. The maximum atomic E-state index is 6.04. The number of nitrogens with zero attached hydrogens (tertiary/aromatic N) is 2. The fraction of sp³-hybridized carbons (Fsp3) is 0.235. The van der Waals surface area contributed by atoms with Gasteiger partial charge < -0.3 is 4.57 Å². The summed E-state index contributed by atoms with van der Waals surface area (Å²) in [5.41, 5.74) is 4.66. The van der Waals surface area contributed by atoms with E-state index in [1.807, 2.05) is 18.2 Å². The fourth-order valence-corrected chi connectivity index (χ4v) is 3.00. The van der Waals surface area contributed by atoms with E-state index in [4.69, 9.17) is 23.2 Å². The standard InChI is InChI=1S/C17H16Cl2N2/c1-12-4-2-3-5-13(12)8-9-21-16-7-6-14(19)10-15(16)20-17(21)11-18/h2-7,10H,8-9,11H2,1H3. The third-order valence-corrected chi connectivity index (χ3v) is 4.25. The van der Waals surface area contributed by atoms with Crippen molar-refractivity contribution in [3.8, 4) is 0 Å². The molecule has 0 N–H and O–H groups in total. The number of hydrogen-bond acceptors (Lipinski definition) is 1. The summed E-state index contributed by atoms with van der Waals surface area (Å²) < 4.78 is 2.19. The molecule has 0 bridgehead atoms. The molecule has 0 aliphatic carbocycles. The number of rotatable bonds is 4. The highest BCUT2D eigenvalue weighted by atomic mass is 35.5. The Balaban J connectivity index is 1.94. The largest absolute Gasteiger partial charge is 0.327 e. The Bertz CT molecular complexity index is 778. The molecule has 0 radical (unpaired) electrons. The van der Waals surface area contributed by atoms with Gasteiger partial charge in [0.15, 0.2) is 0 Å². The molecule has 3 aromatic rings. The van der Waals surface area contributed by atoms with Gasteiger partial charge in [0, 0.05) is 11.6 Å². The van der Waals surface area contributed by atoms with E-state index < -0.39 is 0 Å². The van der Waals surface area contributed by atoms with Crippen LogP contribution in [0.5, 0.6) is 0 Å². The van der Waals surface area contributed by atoms with E-state index in [0.29, 0.717) is 10.9 Å². The van der Waals surface area contributed by atoms with Crippen LogP contribution in [0.3, 0.4) is 0 Å². The zero-order valence-electron chi connectivity index (χ0n) is 11.8. The van der Waals surface area contributed by atoms with Crippen molar-refractivity contribution < 1.29 is 0 Å². The van der Waals surface area contributed by atoms with E-state index in [2.05, 4.69) is 40.7 Å². The van der Waals surface area contributed by atoms with Crippen LogP contribution in [0.25, 0.3) is 11.0 Å². The van der Waals surface area contributed by atoms with Crippen LogP contribution in [0.2, 0.25) is 5.02 Å². The summed E-state index contributed by atoms with van der Waals surface area (Å²) in [4.78, 5) is 4.57. The first-order valence-electron chi connectivity index (χ1n) is 6.94. The number of hydrogen-bond donors (Lipinski definition) is 0. The first-order valence-corrected chi connectivity index (χ1v) is 7.85. The van der Waals surface area contributed by atoms with E-state index in [1.165, 1.54) is 11.1 Å². The van der Waals surface area contributed by atoms with Gasteiger partial charge in [0.25, 0.3) is 0 Å².